The van der Waals surface area contributed by atoms with Crippen LogP contribution in [-0.2, 0) is 17.6 Å². The Kier molecular flexibility index (Phi) is 4.84. The van der Waals surface area contributed by atoms with Crippen molar-refractivity contribution in [3.63, 3.8) is 0 Å². The Morgan fingerprint density at radius 3 is 2.92 bits per heavy atom. The molecular formula is C19H28N5OS+. The molecule has 0 unspecified atom stereocenters. The SMILES string of the molecule is C[C@H]1CCc2c(sc3ncnc(N(C)CC(=O)N4CC[NH+](C)CC4)c23)C1. The molecule has 0 radical (unpaired) electrons. The highest BCUT2D eigenvalue weighted by molar-refractivity contribution is 7.19. The summed E-state index contributed by atoms with van der Waals surface area (Å²) >= 11 is 1.81. The summed E-state index contributed by atoms with van der Waals surface area (Å²) in [6, 6.07) is 0. The number of piperazine rings is 1. The topological polar surface area (TPSA) is 53.8 Å². The van der Waals surface area contributed by atoms with Gasteiger partial charge in [0.2, 0.25) is 5.91 Å². The van der Waals surface area contributed by atoms with E-state index in [0.29, 0.717) is 6.54 Å². The number of aryl methyl sites for hydroxylation is 1. The van der Waals surface area contributed by atoms with Crippen molar-refractivity contribution in [2.24, 2.45) is 5.92 Å². The van der Waals surface area contributed by atoms with Crippen molar-refractivity contribution >= 4 is 33.3 Å². The summed E-state index contributed by atoms with van der Waals surface area (Å²) in [5.74, 6) is 1.85. The first-order valence-corrected chi connectivity index (χ1v) is 10.4. The van der Waals surface area contributed by atoms with Gasteiger partial charge < -0.3 is 14.7 Å². The minimum atomic E-state index is 0.199. The number of nitrogens with zero attached hydrogens (tertiary/aromatic N) is 4. The van der Waals surface area contributed by atoms with Crippen molar-refractivity contribution in [2.45, 2.75) is 26.2 Å². The van der Waals surface area contributed by atoms with Crippen LogP contribution in [-0.4, -0.2) is 67.6 Å². The van der Waals surface area contributed by atoms with Crippen LogP contribution in [0.3, 0.4) is 0 Å². The van der Waals surface area contributed by atoms with Crippen molar-refractivity contribution < 1.29 is 9.69 Å². The summed E-state index contributed by atoms with van der Waals surface area (Å²) in [5.41, 5.74) is 1.42. The minimum Gasteiger partial charge on any atom is -0.350 e. The van der Waals surface area contributed by atoms with E-state index >= 15 is 0 Å². The quantitative estimate of drug-likeness (QED) is 0.855. The van der Waals surface area contributed by atoms with Crippen molar-refractivity contribution in [3.05, 3.63) is 16.8 Å². The average Bonchev–Trinajstić information content (AvgIpc) is 2.99. The Labute approximate surface area is 158 Å². The highest BCUT2D eigenvalue weighted by Gasteiger charge is 2.26. The third-order valence-corrected chi connectivity index (χ3v) is 6.94. The maximum absolute atomic E-state index is 12.7. The molecule has 1 N–H and O–H groups in total. The molecule has 0 spiro atoms. The number of hydrogen-bond acceptors (Lipinski definition) is 5. The van der Waals surface area contributed by atoms with E-state index in [1.54, 1.807) is 17.7 Å². The molecule has 1 fully saturated rings. The van der Waals surface area contributed by atoms with E-state index < -0.39 is 0 Å². The lowest BCUT2D eigenvalue weighted by molar-refractivity contribution is -0.883. The number of quaternary nitrogens is 1. The zero-order valence-corrected chi connectivity index (χ0v) is 16.7. The predicted octanol–water partition coefficient (Wildman–Crippen LogP) is 0.609. The molecule has 2 aromatic heterocycles. The molecule has 1 saturated heterocycles. The largest absolute Gasteiger partial charge is 0.350 e. The summed E-state index contributed by atoms with van der Waals surface area (Å²) < 4.78 is 0. The number of thiophene rings is 1. The van der Waals surface area contributed by atoms with E-state index in [4.69, 9.17) is 0 Å². The highest BCUT2D eigenvalue weighted by atomic mass is 32.1. The third kappa shape index (κ3) is 3.30. The predicted molar refractivity (Wildman–Crippen MR) is 105 cm³/mol. The second-order valence-electron chi connectivity index (χ2n) is 7.92. The van der Waals surface area contributed by atoms with Crippen LogP contribution in [0.1, 0.15) is 23.8 Å². The van der Waals surface area contributed by atoms with Crippen molar-refractivity contribution in [2.75, 3.05) is 51.7 Å². The lowest BCUT2D eigenvalue weighted by atomic mass is 9.89. The van der Waals surface area contributed by atoms with Crippen LogP contribution in [0.15, 0.2) is 6.33 Å². The standard InChI is InChI=1S/C19H27N5OS/c1-13-4-5-14-15(10-13)26-19-17(14)18(20-12-21-19)23(3)11-16(25)24-8-6-22(2)7-9-24/h12-13H,4-11H2,1-3H3/p+1/t13-/m0/s1. The van der Waals surface area contributed by atoms with Gasteiger partial charge in [-0.2, -0.15) is 0 Å². The van der Waals surface area contributed by atoms with Crippen LogP contribution >= 0.6 is 11.3 Å². The molecule has 140 valence electrons. The molecular weight excluding hydrogens is 346 g/mol. The summed E-state index contributed by atoms with van der Waals surface area (Å²) in [6.45, 7) is 6.47. The molecule has 2 aliphatic rings. The van der Waals surface area contributed by atoms with Gasteiger partial charge in [-0.1, -0.05) is 6.92 Å². The Morgan fingerprint density at radius 2 is 2.15 bits per heavy atom. The number of aromatic nitrogens is 2. The first-order valence-electron chi connectivity index (χ1n) is 9.58. The Hall–Kier alpha value is -1.73. The highest BCUT2D eigenvalue weighted by Crippen LogP contribution is 2.40. The fourth-order valence-electron chi connectivity index (χ4n) is 4.06. The van der Waals surface area contributed by atoms with Crippen LogP contribution < -0.4 is 9.80 Å². The summed E-state index contributed by atoms with van der Waals surface area (Å²) in [5, 5.41) is 1.18. The molecule has 1 aliphatic carbocycles. The van der Waals surface area contributed by atoms with E-state index in [0.717, 1.165) is 55.6 Å². The Morgan fingerprint density at radius 1 is 1.38 bits per heavy atom. The monoisotopic (exact) mass is 374 g/mol. The zero-order valence-electron chi connectivity index (χ0n) is 15.9. The summed E-state index contributed by atoms with van der Waals surface area (Å²) in [7, 11) is 4.17. The number of nitrogens with one attached hydrogen (secondary N) is 1. The smallest absolute Gasteiger partial charge is 0.242 e. The van der Waals surface area contributed by atoms with Crippen LogP contribution in [0.4, 0.5) is 5.82 Å². The third-order valence-electron chi connectivity index (χ3n) is 5.78. The van der Waals surface area contributed by atoms with Crippen LogP contribution in [0.5, 0.6) is 0 Å². The number of carbonyl (C=O) groups is 1. The number of fused-ring (bicyclic) bond motifs is 3. The van der Waals surface area contributed by atoms with Gasteiger partial charge in [-0.3, -0.25) is 4.79 Å². The number of amides is 1. The van der Waals surface area contributed by atoms with Crippen LogP contribution in [0.2, 0.25) is 0 Å². The average molecular weight is 375 g/mol. The van der Waals surface area contributed by atoms with E-state index in [1.165, 1.54) is 27.1 Å². The number of anilines is 1. The number of hydrogen-bond donors (Lipinski definition) is 1. The van der Waals surface area contributed by atoms with Gasteiger partial charge in [0, 0.05) is 11.9 Å². The normalized spacial score (nSPS) is 21.0. The number of carbonyl (C=O) groups excluding carboxylic acids is 1. The van der Waals surface area contributed by atoms with Crippen molar-refractivity contribution in [3.8, 4) is 0 Å². The summed E-state index contributed by atoms with van der Waals surface area (Å²) in [4.78, 5) is 29.8. The molecule has 6 nitrogen and oxygen atoms in total. The molecule has 0 saturated carbocycles. The molecule has 26 heavy (non-hydrogen) atoms. The molecule has 3 heterocycles. The zero-order chi connectivity index (χ0) is 18.3. The van der Waals surface area contributed by atoms with E-state index in [-0.39, 0.29) is 5.91 Å². The lowest BCUT2D eigenvalue weighted by Crippen LogP contribution is -3.12. The van der Waals surface area contributed by atoms with Gasteiger partial charge in [-0.25, -0.2) is 9.97 Å². The fourth-order valence-corrected chi connectivity index (χ4v) is 5.41. The number of likely N-dealkylation sites (N-methyl/N-ethyl adjacent to an activating group) is 2. The van der Waals surface area contributed by atoms with E-state index in [9.17, 15) is 4.79 Å². The molecule has 2 aromatic rings. The molecule has 7 heteroatoms. The van der Waals surface area contributed by atoms with Gasteiger partial charge in [-0.15, -0.1) is 11.3 Å². The maximum Gasteiger partial charge on any atom is 0.242 e. The van der Waals surface area contributed by atoms with E-state index in [1.807, 2.05) is 16.8 Å². The van der Waals surface area contributed by atoms with Crippen molar-refractivity contribution in [1.29, 1.82) is 0 Å². The molecule has 4 rings (SSSR count). The van der Waals surface area contributed by atoms with Crippen LogP contribution in [0, 0.1) is 5.92 Å². The summed E-state index contributed by atoms with van der Waals surface area (Å²) in [6.07, 6.45) is 5.10. The van der Waals surface area contributed by atoms with Gasteiger partial charge >= 0.3 is 0 Å². The second kappa shape index (κ2) is 7.12. The van der Waals surface area contributed by atoms with Gasteiger partial charge in [0.25, 0.3) is 0 Å². The number of rotatable bonds is 3. The molecule has 0 bridgehead atoms. The van der Waals surface area contributed by atoms with Gasteiger partial charge in [0.15, 0.2) is 0 Å². The molecule has 0 aromatic carbocycles. The van der Waals surface area contributed by atoms with Gasteiger partial charge in [-0.05, 0) is 30.7 Å². The van der Waals surface area contributed by atoms with E-state index in [2.05, 4.69) is 23.9 Å². The Balaban J connectivity index is 1.57. The molecule has 1 atom stereocenters. The molecule has 1 aliphatic heterocycles. The second-order valence-corrected chi connectivity index (χ2v) is 9.01. The first-order chi connectivity index (χ1) is 12.5. The maximum atomic E-state index is 12.7. The van der Waals surface area contributed by atoms with Gasteiger partial charge in [0.1, 0.15) is 17.0 Å². The minimum absolute atomic E-state index is 0.199. The van der Waals surface area contributed by atoms with Crippen LogP contribution in [0.25, 0.3) is 10.2 Å². The lowest BCUT2D eigenvalue weighted by Gasteiger charge is -2.31. The molecule has 1 amide bonds. The first kappa shape index (κ1) is 17.7. The van der Waals surface area contributed by atoms with Crippen molar-refractivity contribution in [1.82, 2.24) is 14.9 Å². The fraction of sp³-hybridized carbons (Fsp3) is 0.632. The Bertz CT molecular complexity index is 812. The van der Waals surface area contributed by atoms with Gasteiger partial charge in [0.05, 0.1) is 45.2 Å².